The largest absolute Gasteiger partial charge is 0.494 e. The van der Waals surface area contributed by atoms with Crippen LogP contribution in [0.3, 0.4) is 0 Å². The van der Waals surface area contributed by atoms with Crippen molar-refractivity contribution in [3.8, 4) is 11.5 Å². The molecule has 0 bridgehead atoms. The Morgan fingerprint density at radius 3 is 2.44 bits per heavy atom. The van der Waals surface area contributed by atoms with Gasteiger partial charge in [-0.05, 0) is 66.6 Å². The first-order chi connectivity index (χ1) is 19.6. The third-order valence-corrected chi connectivity index (χ3v) is 5.97. The van der Waals surface area contributed by atoms with Gasteiger partial charge < -0.3 is 14.8 Å². The number of carbonyl (C=O) groups excluding carboxylic acids is 1. The van der Waals surface area contributed by atoms with Crippen LogP contribution >= 0.6 is 0 Å². The summed E-state index contributed by atoms with van der Waals surface area (Å²) in [5.74, 6) is -1.00. The molecule has 1 atom stereocenters. The molecular weight excluding hydrogens is 553 g/mol. The highest BCUT2D eigenvalue weighted by atomic mass is 19.4. The molecule has 222 valence electrons. The number of H-pyrrole nitrogens is 1. The molecule has 1 aliphatic rings. The molecule has 1 aliphatic heterocycles. The van der Waals surface area contributed by atoms with Crippen molar-refractivity contribution in [3.05, 3.63) is 76.0 Å². The SMILES string of the molecule is CC.O=C1N[C@@H](CCc2cccc(OCCCC(F)(F)F)c2)CC(c2ccc(OC(F)F)cc2)=C1c1noc(=O)[nH]1. The minimum Gasteiger partial charge on any atom is -0.494 e. The van der Waals surface area contributed by atoms with E-state index < -0.39 is 30.9 Å². The van der Waals surface area contributed by atoms with Crippen LogP contribution in [0.15, 0.2) is 57.8 Å². The van der Waals surface area contributed by atoms with Gasteiger partial charge in [0.25, 0.3) is 5.91 Å². The number of nitrogens with one attached hydrogen (secondary N) is 2. The number of nitrogens with zero attached hydrogens (tertiary/aromatic N) is 1. The molecule has 0 spiro atoms. The van der Waals surface area contributed by atoms with Gasteiger partial charge in [0.2, 0.25) is 0 Å². The lowest BCUT2D eigenvalue weighted by molar-refractivity contribution is -0.136. The van der Waals surface area contributed by atoms with Crippen molar-refractivity contribution in [1.82, 2.24) is 15.5 Å². The Hall–Kier alpha value is -4.16. The molecule has 1 aromatic heterocycles. The number of rotatable bonds is 11. The Labute approximate surface area is 232 Å². The Bertz CT molecular complexity index is 1370. The number of carbonyl (C=O) groups is 1. The number of aryl methyl sites for hydroxylation is 1. The van der Waals surface area contributed by atoms with Crippen molar-refractivity contribution in [2.45, 2.75) is 64.8 Å². The van der Waals surface area contributed by atoms with Gasteiger partial charge in [-0.3, -0.25) is 14.3 Å². The van der Waals surface area contributed by atoms with E-state index in [1.807, 2.05) is 19.9 Å². The molecule has 0 saturated carbocycles. The molecule has 0 radical (unpaired) electrons. The first-order valence-corrected chi connectivity index (χ1v) is 13.0. The topological polar surface area (TPSA) is 106 Å². The Morgan fingerprint density at radius 2 is 1.80 bits per heavy atom. The minimum absolute atomic E-state index is 0.0527. The Kier molecular flexibility index (Phi) is 11.1. The highest BCUT2D eigenvalue weighted by Crippen LogP contribution is 2.34. The molecule has 41 heavy (non-hydrogen) atoms. The normalized spacial score (nSPS) is 15.3. The summed E-state index contributed by atoms with van der Waals surface area (Å²) >= 11 is 0. The summed E-state index contributed by atoms with van der Waals surface area (Å²) < 4.78 is 76.5. The zero-order valence-electron chi connectivity index (χ0n) is 22.4. The number of alkyl halides is 5. The van der Waals surface area contributed by atoms with E-state index in [0.29, 0.717) is 36.1 Å². The average molecular weight is 584 g/mol. The van der Waals surface area contributed by atoms with E-state index in [1.165, 1.54) is 24.3 Å². The molecule has 8 nitrogen and oxygen atoms in total. The lowest BCUT2D eigenvalue weighted by atomic mass is 9.87. The maximum Gasteiger partial charge on any atom is 0.439 e. The fourth-order valence-electron chi connectivity index (χ4n) is 4.25. The monoisotopic (exact) mass is 583 g/mol. The number of aromatic nitrogens is 2. The number of amides is 1. The van der Waals surface area contributed by atoms with Gasteiger partial charge in [-0.15, -0.1) is 0 Å². The van der Waals surface area contributed by atoms with E-state index in [0.717, 1.165) is 5.56 Å². The summed E-state index contributed by atoms with van der Waals surface area (Å²) in [5, 5.41) is 6.52. The zero-order chi connectivity index (χ0) is 30.0. The molecule has 1 amide bonds. The molecule has 0 fully saturated rings. The Balaban J connectivity index is 0.00000226. The van der Waals surface area contributed by atoms with Crippen LogP contribution in [0.5, 0.6) is 11.5 Å². The van der Waals surface area contributed by atoms with Crippen LogP contribution in [-0.2, 0) is 11.2 Å². The molecule has 2 N–H and O–H groups in total. The van der Waals surface area contributed by atoms with Gasteiger partial charge in [0.15, 0.2) is 5.82 Å². The van der Waals surface area contributed by atoms with Crippen molar-refractivity contribution in [2.75, 3.05) is 6.61 Å². The second kappa shape index (κ2) is 14.5. The molecule has 2 heterocycles. The first kappa shape index (κ1) is 31.4. The van der Waals surface area contributed by atoms with Crippen molar-refractivity contribution in [1.29, 1.82) is 0 Å². The summed E-state index contributed by atoms with van der Waals surface area (Å²) in [6.45, 7) is 0.948. The van der Waals surface area contributed by atoms with E-state index in [4.69, 9.17) is 4.74 Å². The van der Waals surface area contributed by atoms with Gasteiger partial charge in [-0.1, -0.05) is 43.3 Å². The lowest BCUT2D eigenvalue weighted by Gasteiger charge is -2.27. The summed E-state index contributed by atoms with van der Waals surface area (Å²) in [6.07, 6.45) is -3.94. The highest BCUT2D eigenvalue weighted by molar-refractivity contribution is 6.27. The number of halogens is 5. The second-order valence-corrected chi connectivity index (χ2v) is 8.83. The zero-order valence-corrected chi connectivity index (χ0v) is 22.4. The van der Waals surface area contributed by atoms with Crippen LogP contribution in [0.4, 0.5) is 22.0 Å². The number of hydrogen-bond donors (Lipinski definition) is 2. The van der Waals surface area contributed by atoms with Crippen molar-refractivity contribution >= 4 is 17.1 Å². The van der Waals surface area contributed by atoms with Crippen LogP contribution in [0.1, 0.15) is 56.5 Å². The molecule has 0 aliphatic carbocycles. The standard InChI is InChI=1S/C26H24F5N3O5.C2H6/c27-24(28)38-18-9-6-16(7-10-18)20-14-17(32-23(35)21(20)22-33-25(36)39-34-22)8-5-15-3-1-4-19(13-15)37-12-2-11-26(29,30)31;1-2/h1,3-4,6-7,9-10,13,17,24H,2,5,8,11-12,14H2,(H,32,35)(H,33,34,36);1-2H3/t17-;/m0./s1. The maximum atomic E-state index is 13.1. The number of hydrogen-bond acceptors (Lipinski definition) is 6. The summed E-state index contributed by atoms with van der Waals surface area (Å²) in [6, 6.07) is 12.4. The summed E-state index contributed by atoms with van der Waals surface area (Å²) in [7, 11) is 0. The third kappa shape index (κ3) is 9.47. The van der Waals surface area contributed by atoms with E-state index in [1.54, 1.807) is 18.2 Å². The van der Waals surface area contributed by atoms with Crippen LogP contribution in [0, 0.1) is 0 Å². The van der Waals surface area contributed by atoms with E-state index in [-0.39, 0.29) is 36.2 Å². The average Bonchev–Trinajstić information content (AvgIpc) is 3.36. The highest BCUT2D eigenvalue weighted by Gasteiger charge is 2.31. The van der Waals surface area contributed by atoms with E-state index >= 15 is 0 Å². The van der Waals surface area contributed by atoms with Crippen LogP contribution in [0.2, 0.25) is 0 Å². The molecule has 0 saturated heterocycles. The van der Waals surface area contributed by atoms with E-state index in [2.05, 4.69) is 24.7 Å². The second-order valence-electron chi connectivity index (χ2n) is 8.83. The van der Waals surface area contributed by atoms with Crippen LogP contribution in [-0.4, -0.2) is 41.5 Å². The molecule has 13 heteroatoms. The van der Waals surface area contributed by atoms with Gasteiger partial charge in [0.05, 0.1) is 12.2 Å². The molecule has 3 aromatic rings. The number of benzene rings is 2. The van der Waals surface area contributed by atoms with Crippen molar-refractivity contribution < 1.29 is 40.7 Å². The first-order valence-electron chi connectivity index (χ1n) is 13.0. The van der Waals surface area contributed by atoms with Crippen LogP contribution < -0.4 is 20.5 Å². The molecule has 2 aromatic carbocycles. The summed E-state index contributed by atoms with van der Waals surface area (Å²) in [4.78, 5) is 27.0. The Morgan fingerprint density at radius 1 is 1.07 bits per heavy atom. The van der Waals surface area contributed by atoms with Gasteiger partial charge >= 0.3 is 18.5 Å². The molecule has 0 unspecified atom stereocenters. The maximum absolute atomic E-state index is 13.1. The van der Waals surface area contributed by atoms with Crippen molar-refractivity contribution in [2.24, 2.45) is 0 Å². The van der Waals surface area contributed by atoms with Crippen LogP contribution in [0.25, 0.3) is 11.1 Å². The predicted octanol–water partition coefficient (Wildman–Crippen LogP) is 6.14. The number of aromatic amines is 1. The smallest absolute Gasteiger partial charge is 0.439 e. The fourth-order valence-corrected chi connectivity index (χ4v) is 4.25. The molecular formula is C28H30F5N3O5. The van der Waals surface area contributed by atoms with Gasteiger partial charge in [0, 0.05) is 12.5 Å². The third-order valence-electron chi connectivity index (χ3n) is 5.97. The van der Waals surface area contributed by atoms with Gasteiger partial charge in [-0.25, -0.2) is 4.79 Å². The lowest BCUT2D eigenvalue weighted by Crippen LogP contribution is -2.40. The quantitative estimate of drug-likeness (QED) is 0.207. The predicted molar refractivity (Wildman–Crippen MR) is 140 cm³/mol. The van der Waals surface area contributed by atoms with Gasteiger partial charge in [-0.2, -0.15) is 22.0 Å². The summed E-state index contributed by atoms with van der Waals surface area (Å²) in [5.41, 5.74) is 2.03. The fraction of sp³-hybridized carbons (Fsp3) is 0.393. The van der Waals surface area contributed by atoms with E-state index in [9.17, 15) is 31.5 Å². The van der Waals surface area contributed by atoms with Crippen molar-refractivity contribution in [3.63, 3.8) is 0 Å². The van der Waals surface area contributed by atoms with Gasteiger partial charge in [0.1, 0.15) is 11.5 Å². The minimum atomic E-state index is -4.23. The molecule has 4 rings (SSSR count). The number of ether oxygens (including phenoxy) is 2.